The zero-order valence-corrected chi connectivity index (χ0v) is 13.3. The third kappa shape index (κ3) is 5.31. The SMILES string of the molecule is O=S1(=O)CCCC(NS(=O)(=O)CCC2CCNCC2)C1. The first-order valence-electron chi connectivity index (χ1n) is 7.27. The van der Waals surface area contributed by atoms with E-state index in [1.165, 1.54) is 0 Å². The average Bonchev–Trinajstić information content (AvgIpc) is 2.36. The Bertz CT molecular complexity index is 510. The fourth-order valence-corrected chi connectivity index (χ4v) is 6.13. The van der Waals surface area contributed by atoms with Gasteiger partial charge in [0.15, 0.2) is 9.84 Å². The third-order valence-electron chi connectivity index (χ3n) is 4.06. The normalized spacial score (nSPS) is 28.3. The fourth-order valence-electron chi connectivity index (χ4n) is 2.92. The Balaban J connectivity index is 1.81. The van der Waals surface area contributed by atoms with Crippen molar-refractivity contribution < 1.29 is 16.8 Å². The molecule has 2 rings (SSSR count). The van der Waals surface area contributed by atoms with Crippen LogP contribution in [0.2, 0.25) is 0 Å². The first-order chi connectivity index (χ1) is 9.36. The van der Waals surface area contributed by atoms with Gasteiger partial charge >= 0.3 is 0 Å². The van der Waals surface area contributed by atoms with Gasteiger partial charge in [-0.15, -0.1) is 0 Å². The predicted molar refractivity (Wildman–Crippen MR) is 78.8 cm³/mol. The van der Waals surface area contributed by atoms with Crippen LogP contribution in [-0.4, -0.2) is 53.2 Å². The van der Waals surface area contributed by atoms with Gasteiger partial charge < -0.3 is 5.32 Å². The molecule has 0 amide bonds. The van der Waals surface area contributed by atoms with Crippen molar-refractivity contribution >= 4 is 19.9 Å². The van der Waals surface area contributed by atoms with Gasteiger partial charge in [-0.05, 0) is 51.1 Å². The number of nitrogens with one attached hydrogen (secondary N) is 2. The van der Waals surface area contributed by atoms with Gasteiger partial charge in [0.2, 0.25) is 10.0 Å². The molecule has 2 heterocycles. The van der Waals surface area contributed by atoms with Crippen molar-refractivity contribution in [2.75, 3.05) is 30.3 Å². The van der Waals surface area contributed by atoms with Crippen molar-refractivity contribution in [3.63, 3.8) is 0 Å². The van der Waals surface area contributed by atoms with E-state index in [9.17, 15) is 16.8 Å². The topological polar surface area (TPSA) is 92.3 Å². The van der Waals surface area contributed by atoms with Gasteiger partial charge in [-0.1, -0.05) is 0 Å². The third-order valence-corrected chi connectivity index (χ3v) is 7.35. The summed E-state index contributed by atoms with van der Waals surface area (Å²) in [6.45, 7) is 1.91. The number of sulfone groups is 1. The molecule has 20 heavy (non-hydrogen) atoms. The molecule has 2 N–H and O–H groups in total. The summed E-state index contributed by atoms with van der Waals surface area (Å²) in [7, 11) is -6.44. The molecule has 2 aliphatic rings. The highest BCUT2D eigenvalue weighted by Crippen LogP contribution is 2.17. The minimum absolute atomic E-state index is 0.0560. The number of piperidine rings is 1. The van der Waals surface area contributed by atoms with Gasteiger partial charge in [0.05, 0.1) is 17.3 Å². The molecule has 0 radical (unpaired) electrons. The van der Waals surface area contributed by atoms with E-state index in [-0.39, 0.29) is 17.3 Å². The molecule has 0 aliphatic carbocycles. The summed E-state index contributed by atoms with van der Waals surface area (Å²) in [5, 5.41) is 3.25. The molecule has 0 aromatic carbocycles. The van der Waals surface area contributed by atoms with E-state index >= 15 is 0 Å². The van der Waals surface area contributed by atoms with Crippen molar-refractivity contribution in [1.29, 1.82) is 0 Å². The maximum Gasteiger partial charge on any atom is 0.211 e. The molecule has 0 aromatic rings. The first-order valence-corrected chi connectivity index (χ1v) is 10.7. The molecule has 0 saturated carbocycles. The summed E-state index contributed by atoms with van der Waals surface area (Å²) in [5.41, 5.74) is 0. The Hall–Kier alpha value is -0.180. The summed E-state index contributed by atoms with van der Waals surface area (Å²) < 4.78 is 49.7. The van der Waals surface area contributed by atoms with Crippen molar-refractivity contribution in [3.05, 3.63) is 0 Å². The van der Waals surface area contributed by atoms with E-state index in [0.717, 1.165) is 25.9 Å². The summed E-state index contributed by atoms with van der Waals surface area (Å²) in [4.78, 5) is 0. The summed E-state index contributed by atoms with van der Waals surface area (Å²) >= 11 is 0. The predicted octanol–water partition coefficient (Wildman–Crippen LogP) is -0.127. The molecule has 2 saturated heterocycles. The first kappa shape index (κ1) is 16.2. The maximum absolute atomic E-state index is 12.0. The number of hydrogen-bond acceptors (Lipinski definition) is 5. The number of sulfonamides is 1. The highest BCUT2D eigenvalue weighted by atomic mass is 32.2. The largest absolute Gasteiger partial charge is 0.317 e. The Morgan fingerprint density at radius 3 is 2.50 bits per heavy atom. The van der Waals surface area contributed by atoms with Crippen LogP contribution >= 0.6 is 0 Å². The van der Waals surface area contributed by atoms with E-state index < -0.39 is 25.9 Å². The molecular weight excluding hydrogens is 300 g/mol. The minimum Gasteiger partial charge on any atom is -0.317 e. The molecule has 118 valence electrons. The Morgan fingerprint density at radius 1 is 1.15 bits per heavy atom. The lowest BCUT2D eigenvalue weighted by molar-refractivity contribution is 0.364. The van der Waals surface area contributed by atoms with Crippen LogP contribution in [0.5, 0.6) is 0 Å². The Kier molecular flexibility index (Phi) is 5.44. The average molecular weight is 324 g/mol. The van der Waals surface area contributed by atoms with E-state index in [0.29, 0.717) is 25.2 Å². The van der Waals surface area contributed by atoms with E-state index in [4.69, 9.17) is 0 Å². The Morgan fingerprint density at radius 2 is 1.85 bits per heavy atom. The standard InChI is InChI=1S/C12H24N2O4S2/c15-19(16)8-1-2-12(10-19)14-20(17,18)9-5-11-3-6-13-7-4-11/h11-14H,1-10H2. The van der Waals surface area contributed by atoms with Gasteiger partial charge in [0, 0.05) is 6.04 Å². The summed E-state index contributed by atoms with van der Waals surface area (Å²) in [6, 6.07) is -0.438. The highest BCUT2D eigenvalue weighted by Gasteiger charge is 2.28. The second-order valence-corrected chi connectivity index (χ2v) is 9.97. The van der Waals surface area contributed by atoms with Crippen molar-refractivity contribution in [2.24, 2.45) is 5.92 Å². The smallest absolute Gasteiger partial charge is 0.211 e. The second-order valence-electron chi connectivity index (χ2n) is 5.87. The van der Waals surface area contributed by atoms with Crippen molar-refractivity contribution in [1.82, 2.24) is 10.0 Å². The molecule has 2 aliphatic heterocycles. The van der Waals surface area contributed by atoms with Crippen LogP contribution in [0.25, 0.3) is 0 Å². The van der Waals surface area contributed by atoms with E-state index in [2.05, 4.69) is 10.0 Å². The molecular formula is C12H24N2O4S2. The van der Waals surface area contributed by atoms with Crippen LogP contribution in [0.3, 0.4) is 0 Å². The zero-order chi connectivity index (χ0) is 14.6. The molecule has 6 nitrogen and oxygen atoms in total. The number of rotatable bonds is 5. The van der Waals surface area contributed by atoms with Gasteiger partial charge in [0.25, 0.3) is 0 Å². The van der Waals surface area contributed by atoms with Crippen LogP contribution in [0.15, 0.2) is 0 Å². The van der Waals surface area contributed by atoms with Crippen molar-refractivity contribution in [2.45, 2.75) is 38.1 Å². The maximum atomic E-state index is 12.0. The van der Waals surface area contributed by atoms with Crippen LogP contribution in [0, 0.1) is 5.92 Å². The van der Waals surface area contributed by atoms with Gasteiger partial charge in [-0.2, -0.15) is 0 Å². The molecule has 1 unspecified atom stereocenters. The zero-order valence-electron chi connectivity index (χ0n) is 11.7. The summed E-state index contributed by atoms with van der Waals surface area (Å²) in [5.74, 6) is 0.691. The lowest BCUT2D eigenvalue weighted by Crippen LogP contribution is -2.44. The van der Waals surface area contributed by atoms with Crippen LogP contribution in [-0.2, 0) is 19.9 Å². The minimum atomic E-state index is -3.37. The molecule has 0 spiro atoms. The Labute approximate surface area is 121 Å². The van der Waals surface area contributed by atoms with Crippen molar-refractivity contribution in [3.8, 4) is 0 Å². The highest BCUT2D eigenvalue weighted by molar-refractivity contribution is 7.91. The van der Waals surface area contributed by atoms with E-state index in [1.54, 1.807) is 0 Å². The van der Waals surface area contributed by atoms with Gasteiger partial charge in [-0.3, -0.25) is 0 Å². The fraction of sp³-hybridized carbons (Fsp3) is 1.00. The summed E-state index contributed by atoms with van der Waals surface area (Å²) in [6.07, 6.45) is 3.87. The van der Waals surface area contributed by atoms with E-state index in [1.807, 2.05) is 0 Å². The second kappa shape index (κ2) is 6.72. The molecule has 1 atom stereocenters. The molecule has 0 aromatic heterocycles. The van der Waals surface area contributed by atoms with Gasteiger partial charge in [-0.25, -0.2) is 21.6 Å². The molecule has 2 fully saturated rings. The van der Waals surface area contributed by atoms with Crippen LogP contribution in [0.4, 0.5) is 0 Å². The molecule has 0 bridgehead atoms. The van der Waals surface area contributed by atoms with Crippen LogP contribution in [0.1, 0.15) is 32.1 Å². The number of hydrogen-bond donors (Lipinski definition) is 2. The lowest BCUT2D eigenvalue weighted by atomic mass is 9.96. The van der Waals surface area contributed by atoms with Crippen LogP contribution < -0.4 is 10.0 Å². The quantitative estimate of drug-likeness (QED) is 0.735. The lowest BCUT2D eigenvalue weighted by Gasteiger charge is -2.25. The van der Waals surface area contributed by atoms with Gasteiger partial charge in [0.1, 0.15) is 0 Å². The molecule has 8 heteroatoms. The monoisotopic (exact) mass is 324 g/mol.